The van der Waals surface area contributed by atoms with Gasteiger partial charge < -0.3 is 20.2 Å². The molecule has 2 saturated carbocycles. The molecule has 2 saturated heterocycles. The van der Waals surface area contributed by atoms with Gasteiger partial charge >= 0.3 is 12.1 Å². The average molecular weight is 1340 g/mol. The number of hydrogen-bond acceptors (Lipinski definition) is 13. The summed E-state index contributed by atoms with van der Waals surface area (Å²) in [6, 6.07) is 53.1. The maximum atomic E-state index is 14.0. The van der Waals surface area contributed by atoms with Crippen LogP contribution in [0.3, 0.4) is 0 Å². The number of nitro groups is 2. The average Bonchev–Trinajstić information content (AvgIpc) is 1.55. The van der Waals surface area contributed by atoms with Crippen LogP contribution < -0.4 is 26.5 Å². The van der Waals surface area contributed by atoms with Gasteiger partial charge in [-0.05, 0) is 133 Å². The van der Waals surface area contributed by atoms with Gasteiger partial charge in [0, 0.05) is 78.0 Å². The van der Waals surface area contributed by atoms with Gasteiger partial charge in [-0.15, -0.1) is 0 Å². The van der Waals surface area contributed by atoms with E-state index in [1.54, 1.807) is 91.0 Å². The summed E-state index contributed by atoms with van der Waals surface area (Å²) >= 11 is 25.1. The number of rotatable bonds is 16. The topological polar surface area (TPSA) is 228 Å². The molecule has 7 aromatic carbocycles. The number of nitrogens with zero attached hydrogens (tertiary/aromatic N) is 4. The minimum Gasteiger partial charge on any atom is -0.466 e. The van der Waals surface area contributed by atoms with Crippen molar-refractivity contribution >= 4 is 117 Å². The predicted molar refractivity (Wildman–Crippen MR) is 358 cm³/mol. The van der Waals surface area contributed by atoms with E-state index in [2.05, 4.69) is 114 Å². The molecule has 4 heterocycles. The molecule has 22 heteroatoms. The highest BCUT2D eigenvalue weighted by molar-refractivity contribution is 7.94. The molecule has 2 amide bonds. The van der Waals surface area contributed by atoms with Crippen LogP contribution in [0.5, 0.6) is 0 Å². The summed E-state index contributed by atoms with van der Waals surface area (Å²) in [6.45, 7) is 1.57. The Bertz CT molecular complexity index is 3940. The minimum atomic E-state index is -1.66. The van der Waals surface area contributed by atoms with Gasteiger partial charge in [-0.2, -0.15) is 9.59 Å². The Labute approximate surface area is 552 Å². The van der Waals surface area contributed by atoms with E-state index in [4.69, 9.17) is 60.7 Å². The molecular formula is C70H65Cl4N6O11P. The van der Waals surface area contributed by atoms with Gasteiger partial charge in [0.2, 0.25) is 12.1 Å². The van der Waals surface area contributed by atoms with E-state index in [0.29, 0.717) is 84.9 Å². The summed E-state index contributed by atoms with van der Waals surface area (Å²) < 4.78 is 4.70. The number of likely N-dealkylation sites (tertiary alicyclic amines) is 2. The van der Waals surface area contributed by atoms with E-state index < -0.39 is 59.9 Å². The highest BCUT2D eigenvalue weighted by atomic mass is 35.5. The van der Waals surface area contributed by atoms with E-state index in [-0.39, 0.29) is 40.7 Å². The van der Waals surface area contributed by atoms with Crippen LogP contribution >= 0.6 is 53.3 Å². The lowest BCUT2D eigenvalue weighted by Gasteiger charge is -2.38. The zero-order valence-corrected chi connectivity index (χ0v) is 54.0. The molecule has 92 heavy (non-hydrogen) atoms. The van der Waals surface area contributed by atoms with Crippen molar-refractivity contribution in [3.63, 3.8) is 0 Å². The Morgan fingerprint density at radius 1 is 0.598 bits per heavy atom. The molecule has 2 spiro atoms. The fraction of sp³-hybridized carbons (Fsp3) is 0.286. The van der Waals surface area contributed by atoms with Crippen LogP contribution in [0.25, 0.3) is 0 Å². The minimum absolute atomic E-state index is 0.0343. The molecule has 0 radical (unpaired) electrons. The number of fused-ring (bicyclic) bond motifs is 4. The zero-order valence-electron chi connectivity index (χ0n) is 50.1. The number of carbonyl (C=O) groups excluding carboxylic acids is 6. The number of halogens is 4. The SMILES string of the molecule is CC=P(c1ccccc1)(c1ccccc1)c1ccccc1.COC(=O)/C=C/C[C@H]1[C@@H]([N+](=O)[O-])[C@H](c2cccc(Cl)c2)[C@]2(C(=O)Nc3cc(Cl)ccc32)N1CC1CC1.O=C=O.O=CC[C@H]1[C@@H]([N+](=O)[O-])[C@H](c2cccc(Cl)c2)[C@]2(C(=O)Nc3cc(Cl)ccc32)N1CC1CC1. The van der Waals surface area contributed by atoms with E-state index in [0.717, 1.165) is 25.7 Å². The van der Waals surface area contributed by atoms with Crippen molar-refractivity contribution in [2.45, 2.75) is 92.5 Å². The molecule has 2 N–H and O–H groups in total. The first kappa shape index (κ1) is 66.8. The molecule has 2 aliphatic carbocycles. The molecule has 0 aromatic heterocycles. The number of ether oxygens (including phenoxy) is 1. The number of amides is 2. The van der Waals surface area contributed by atoms with Gasteiger partial charge in [0.25, 0.3) is 11.8 Å². The fourth-order valence-corrected chi connectivity index (χ4v) is 18.8. The van der Waals surface area contributed by atoms with E-state index >= 15 is 0 Å². The quantitative estimate of drug-likeness (QED) is 0.0229. The molecule has 8 atom stereocenters. The van der Waals surface area contributed by atoms with Crippen molar-refractivity contribution in [3.05, 3.63) is 251 Å². The number of esters is 1. The number of anilines is 2. The van der Waals surface area contributed by atoms with Gasteiger partial charge in [0.15, 0.2) is 0 Å². The lowest BCUT2D eigenvalue weighted by molar-refractivity contribution is -0.528. The first-order chi connectivity index (χ1) is 44.4. The normalized spacial score (nSPS) is 23.5. The van der Waals surface area contributed by atoms with Gasteiger partial charge in [0.05, 0.1) is 31.0 Å². The molecule has 4 aliphatic heterocycles. The largest absolute Gasteiger partial charge is 0.466 e. The molecular weight excluding hydrogens is 1270 g/mol. The summed E-state index contributed by atoms with van der Waals surface area (Å²) in [5.74, 6) is 0.231. The van der Waals surface area contributed by atoms with E-state index in [1.807, 2.05) is 9.80 Å². The number of nitrogens with one attached hydrogen (secondary N) is 2. The van der Waals surface area contributed by atoms with Crippen LogP contribution in [0, 0.1) is 32.1 Å². The molecule has 17 nitrogen and oxygen atoms in total. The standard InChI is InChI=1S/C26H25Cl2N3O5.C23H21Cl2N3O4.C20H19P.CO2/c1-36-22(32)7-3-6-21-24(31(34)35)23(16-4-2-5-17(27)12-16)26(30(21)14-15-8-9-15)19-11-10-18(28)13-20(19)29-25(26)33;24-15-3-1-2-14(10-15)20-21(28(31)32)19(8-9-29)27(12-13-4-5-13)23(20)17-7-6-16(25)11-18(17)26-22(23)30;1-2-21(18-12-6-3-7-13-18,19-14-8-4-9-15-19)20-16-10-5-11-17-20;2-1-3/h2-5,7,10-13,15,21,23-24H,6,8-9,14H2,1H3,(H,29,33);1-3,6-7,9-11,13,19-21H,4-5,8,12H2,(H,26,30);2-17H,1H3;/b7-3+;;;/t21-,23-,24+,26+;19-,20-,21+,23+;;/m00../s1. The maximum Gasteiger partial charge on any atom is 0.373 e. The first-order valence-electron chi connectivity index (χ1n) is 30.0. The van der Waals surface area contributed by atoms with Crippen molar-refractivity contribution in [2.24, 2.45) is 11.8 Å². The number of hydrogen-bond donors (Lipinski definition) is 2. The Hall–Kier alpha value is -8.08. The van der Waals surface area contributed by atoms with E-state index in [1.165, 1.54) is 29.1 Å². The van der Waals surface area contributed by atoms with Crippen molar-refractivity contribution in [3.8, 4) is 0 Å². The molecule has 7 aromatic rings. The molecule has 6 aliphatic rings. The Kier molecular flexibility index (Phi) is 20.9. The van der Waals surface area contributed by atoms with Gasteiger partial charge in [-0.1, -0.05) is 186 Å². The second-order valence-corrected chi connectivity index (χ2v) is 28.7. The smallest absolute Gasteiger partial charge is 0.373 e. The molecule has 474 valence electrons. The Morgan fingerprint density at radius 3 is 1.32 bits per heavy atom. The van der Waals surface area contributed by atoms with Crippen LogP contribution in [-0.2, 0) is 44.6 Å². The predicted octanol–water partition coefficient (Wildman–Crippen LogP) is 12.3. The van der Waals surface area contributed by atoms with Crippen LogP contribution in [0.4, 0.5) is 11.4 Å². The lowest BCUT2D eigenvalue weighted by atomic mass is 9.73. The number of aldehydes is 1. The van der Waals surface area contributed by atoms with Crippen LogP contribution in [-0.4, -0.2) is 100 Å². The summed E-state index contributed by atoms with van der Waals surface area (Å²) in [6.07, 6.45) is 7.99. The number of carbonyl (C=O) groups is 4. The highest BCUT2D eigenvalue weighted by Crippen LogP contribution is 2.61. The van der Waals surface area contributed by atoms with Crippen LogP contribution in [0.15, 0.2) is 188 Å². The lowest BCUT2D eigenvalue weighted by Crippen LogP contribution is -2.52. The second-order valence-electron chi connectivity index (χ2n) is 23.4. The van der Waals surface area contributed by atoms with E-state index in [9.17, 15) is 39.4 Å². The van der Waals surface area contributed by atoms with Gasteiger partial charge in [-0.25, -0.2) is 4.79 Å². The maximum absolute atomic E-state index is 14.0. The summed E-state index contributed by atoms with van der Waals surface area (Å²) in [5.41, 5.74) is 0.950. The number of benzene rings is 7. The Morgan fingerprint density at radius 2 is 0.978 bits per heavy atom. The third-order valence-corrected chi connectivity index (χ3v) is 23.4. The Balaban J connectivity index is 0.000000152. The van der Waals surface area contributed by atoms with Crippen molar-refractivity contribution < 1.29 is 43.4 Å². The van der Waals surface area contributed by atoms with Crippen LogP contribution in [0.2, 0.25) is 20.1 Å². The molecule has 4 fully saturated rings. The summed E-state index contributed by atoms with van der Waals surface area (Å²) in [4.78, 5) is 96.1. The van der Waals surface area contributed by atoms with Crippen molar-refractivity contribution in [1.82, 2.24) is 9.80 Å². The zero-order chi connectivity index (χ0) is 65.5. The number of methoxy groups -OCH3 is 1. The monoisotopic (exact) mass is 1340 g/mol. The van der Waals surface area contributed by atoms with Crippen molar-refractivity contribution in [2.75, 3.05) is 30.8 Å². The van der Waals surface area contributed by atoms with Gasteiger partial charge in [-0.3, -0.25) is 39.6 Å². The molecule has 0 bridgehead atoms. The molecule has 0 unspecified atom stereocenters. The summed E-state index contributed by atoms with van der Waals surface area (Å²) in [7, 11) is 1.27. The third kappa shape index (κ3) is 12.9. The van der Waals surface area contributed by atoms with Crippen molar-refractivity contribution in [1.29, 1.82) is 0 Å². The van der Waals surface area contributed by atoms with Crippen LogP contribution in [0.1, 0.15) is 79.5 Å². The third-order valence-electron chi connectivity index (χ3n) is 18.3. The highest BCUT2D eigenvalue weighted by Gasteiger charge is 2.72. The summed E-state index contributed by atoms with van der Waals surface area (Å²) in [5, 5.41) is 37.2. The van der Waals surface area contributed by atoms with Gasteiger partial charge in [0.1, 0.15) is 17.4 Å². The first-order valence-corrected chi connectivity index (χ1v) is 33.4. The second kappa shape index (κ2) is 28.8. The molecule has 13 rings (SSSR count). The fourth-order valence-electron chi connectivity index (χ4n) is 14.4.